The molecule has 1 amide bonds. The highest BCUT2D eigenvalue weighted by atomic mass is 32.2. The minimum Gasteiger partial charge on any atom is -0.381 e. The summed E-state index contributed by atoms with van der Waals surface area (Å²) in [6.07, 6.45) is 7.58. The van der Waals surface area contributed by atoms with Crippen LogP contribution in [0.3, 0.4) is 0 Å². The molecule has 126 valence electrons. The Morgan fingerprint density at radius 3 is 3.00 bits per heavy atom. The van der Waals surface area contributed by atoms with Gasteiger partial charge in [0.2, 0.25) is 5.91 Å². The Hall–Kier alpha value is -1.34. The van der Waals surface area contributed by atoms with E-state index in [0.29, 0.717) is 0 Å². The van der Waals surface area contributed by atoms with Crippen LogP contribution < -0.4 is 10.2 Å². The van der Waals surface area contributed by atoms with Crippen molar-refractivity contribution in [3.8, 4) is 0 Å². The van der Waals surface area contributed by atoms with Gasteiger partial charge in [0.15, 0.2) is 5.16 Å². The highest BCUT2D eigenvalue weighted by molar-refractivity contribution is 7.98. The van der Waals surface area contributed by atoms with Crippen molar-refractivity contribution >= 4 is 23.5 Å². The van der Waals surface area contributed by atoms with Gasteiger partial charge in [-0.15, -0.1) is 0 Å². The predicted molar refractivity (Wildman–Crippen MR) is 90.7 cm³/mol. The summed E-state index contributed by atoms with van der Waals surface area (Å²) >= 11 is 1.54. The Balaban J connectivity index is 1.59. The molecule has 3 heterocycles. The smallest absolute Gasteiger partial charge is 0.225 e. The molecule has 23 heavy (non-hydrogen) atoms. The van der Waals surface area contributed by atoms with Gasteiger partial charge < -0.3 is 15.0 Å². The molecule has 1 atom stereocenters. The van der Waals surface area contributed by atoms with E-state index in [-0.39, 0.29) is 17.9 Å². The molecule has 3 rings (SSSR count). The van der Waals surface area contributed by atoms with E-state index in [9.17, 15) is 4.79 Å². The van der Waals surface area contributed by atoms with Gasteiger partial charge in [-0.1, -0.05) is 11.8 Å². The SMILES string of the molecule is CSc1nccc(N2CCCC(C(=O)NC3CCOCC3)C2)n1. The quantitative estimate of drug-likeness (QED) is 0.667. The fourth-order valence-corrected chi connectivity index (χ4v) is 3.52. The van der Waals surface area contributed by atoms with Gasteiger partial charge in [-0.3, -0.25) is 4.79 Å². The number of aromatic nitrogens is 2. The van der Waals surface area contributed by atoms with Gasteiger partial charge in [0, 0.05) is 38.5 Å². The maximum atomic E-state index is 12.6. The second-order valence-corrected chi connectivity index (χ2v) is 6.86. The van der Waals surface area contributed by atoms with Crippen LogP contribution in [0.2, 0.25) is 0 Å². The topological polar surface area (TPSA) is 67.4 Å². The molecule has 0 radical (unpaired) electrons. The highest BCUT2D eigenvalue weighted by Crippen LogP contribution is 2.23. The second-order valence-electron chi connectivity index (χ2n) is 6.08. The van der Waals surface area contributed by atoms with Crippen LogP contribution in [0.25, 0.3) is 0 Å². The third kappa shape index (κ3) is 4.35. The molecule has 0 aliphatic carbocycles. The predicted octanol–water partition coefficient (Wildman–Crippen LogP) is 1.71. The third-order valence-corrected chi connectivity index (χ3v) is 5.05. The van der Waals surface area contributed by atoms with Gasteiger partial charge in [0.05, 0.1) is 5.92 Å². The molecule has 2 aliphatic heterocycles. The highest BCUT2D eigenvalue weighted by Gasteiger charge is 2.28. The zero-order valence-corrected chi connectivity index (χ0v) is 14.3. The molecule has 0 aromatic carbocycles. The summed E-state index contributed by atoms with van der Waals surface area (Å²) in [6, 6.07) is 2.20. The van der Waals surface area contributed by atoms with Crippen molar-refractivity contribution in [2.75, 3.05) is 37.5 Å². The Bertz CT molecular complexity index is 537. The molecule has 7 heteroatoms. The summed E-state index contributed by atoms with van der Waals surface area (Å²) in [7, 11) is 0. The lowest BCUT2D eigenvalue weighted by Crippen LogP contribution is -2.47. The average molecular weight is 336 g/mol. The van der Waals surface area contributed by atoms with Crippen LogP contribution in [0.5, 0.6) is 0 Å². The summed E-state index contributed by atoms with van der Waals surface area (Å²) in [6.45, 7) is 3.19. The van der Waals surface area contributed by atoms with E-state index < -0.39 is 0 Å². The zero-order valence-electron chi connectivity index (χ0n) is 13.5. The number of hydrogen-bond acceptors (Lipinski definition) is 6. The molecule has 1 unspecified atom stereocenters. The average Bonchev–Trinajstić information content (AvgIpc) is 2.63. The minimum absolute atomic E-state index is 0.0410. The Kier molecular flexibility index (Phi) is 5.72. The van der Waals surface area contributed by atoms with Crippen LogP contribution in [0.4, 0.5) is 5.82 Å². The van der Waals surface area contributed by atoms with Crippen LogP contribution in [0.15, 0.2) is 17.4 Å². The van der Waals surface area contributed by atoms with E-state index >= 15 is 0 Å². The van der Waals surface area contributed by atoms with Gasteiger partial charge in [-0.05, 0) is 38.0 Å². The number of amides is 1. The summed E-state index contributed by atoms with van der Waals surface area (Å²) in [5.74, 6) is 1.15. The standard InChI is InChI=1S/C16H24N4O2S/c1-23-16-17-7-4-14(19-16)20-8-2-3-12(11-20)15(21)18-13-5-9-22-10-6-13/h4,7,12-13H,2-3,5-6,8-11H2,1H3,(H,18,21). The first kappa shape index (κ1) is 16.5. The Morgan fingerprint density at radius 2 is 2.22 bits per heavy atom. The van der Waals surface area contributed by atoms with Crippen LogP contribution in [-0.4, -0.2) is 54.5 Å². The van der Waals surface area contributed by atoms with Crippen molar-refractivity contribution in [1.29, 1.82) is 0 Å². The maximum Gasteiger partial charge on any atom is 0.225 e. The summed E-state index contributed by atoms with van der Waals surface area (Å²) in [5.41, 5.74) is 0. The number of nitrogens with one attached hydrogen (secondary N) is 1. The fourth-order valence-electron chi connectivity index (χ4n) is 3.17. The molecule has 2 fully saturated rings. The lowest BCUT2D eigenvalue weighted by molar-refractivity contribution is -0.126. The zero-order chi connectivity index (χ0) is 16.1. The van der Waals surface area contributed by atoms with Crippen molar-refractivity contribution < 1.29 is 9.53 Å². The molecule has 2 saturated heterocycles. The number of piperidine rings is 1. The summed E-state index contributed by atoms with van der Waals surface area (Å²) < 4.78 is 5.35. The minimum atomic E-state index is 0.0410. The first-order valence-electron chi connectivity index (χ1n) is 8.26. The number of anilines is 1. The number of rotatable bonds is 4. The number of thioether (sulfide) groups is 1. The van der Waals surface area contributed by atoms with E-state index in [1.165, 1.54) is 11.8 Å². The summed E-state index contributed by atoms with van der Waals surface area (Å²) in [5, 5.41) is 3.98. The lowest BCUT2D eigenvalue weighted by Gasteiger charge is -2.34. The van der Waals surface area contributed by atoms with E-state index in [0.717, 1.165) is 63.0 Å². The van der Waals surface area contributed by atoms with Crippen molar-refractivity contribution in [2.24, 2.45) is 5.92 Å². The van der Waals surface area contributed by atoms with Gasteiger partial charge in [-0.25, -0.2) is 9.97 Å². The molecule has 0 spiro atoms. The molecule has 1 N–H and O–H groups in total. The van der Waals surface area contributed by atoms with Crippen LogP contribution in [0, 0.1) is 5.92 Å². The number of ether oxygens (including phenoxy) is 1. The molecule has 6 nitrogen and oxygen atoms in total. The van der Waals surface area contributed by atoms with Crippen LogP contribution in [0.1, 0.15) is 25.7 Å². The van der Waals surface area contributed by atoms with Crippen molar-refractivity contribution in [3.05, 3.63) is 12.3 Å². The maximum absolute atomic E-state index is 12.6. The van der Waals surface area contributed by atoms with E-state index in [4.69, 9.17) is 4.74 Å². The number of carbonyl (C=O) groups is 1. The second kappa shape index (κ2) is 7.97. The monoisotopic (exact) mass is 336 g/mol. The Labute approximate surface area is 141 Å². The molecule has 1 aromatic rings. The molecule has 2 aliphatic rings. The number of hydrogen-bond donors (Lipinski definition) is 1. The molecule has 0 bridgehead atoms. The van der Waals surface area contributed by atoms with Crippen molar-refractivity contribution in [2.45, 2.75) is 36.9 Å². The normalized spacial score (nSPS) is 22.8. The number of carbonyl (C=O) groups excluding carboxylic acids is 1. The third-order valence-electron chi connectivity index (χ3n) is 4.49. The first-order chi connectivity index (χ1) is 11.3. The summed E-state index contributed by atoms with van der Waals surface area (Å²) in [4.78, 5) is 23.5. The number of nitrogens with zero attached hydrogens (tertiary/aromatic N) is 3. The van der Waals surface area contributed by atoms with Crippen LogP contribution >= 0.6 is 11.8 Å². The largest absolute Gasteiger partial charge is 0.381 e. The van der Waals surface area contributed by atoms with Gasteiger partial charge in [0.1, 0.15) is 5.82 Å². The van der Waals surface area contributed by atoms with Gasteiger partial charge in [-0.2, -0.15) is 0 Å². The van der Waals surface area contributed by atoms with Crippen molar-refractivity contribution in [3.63, 3.8) is 0 Å². The molecular weight excluding hydrogens is 312 g/mol. The Morgan fingerprint density at radius 1 is 1.39 bits per heavy atom. The van der Waals surface area contributed by atoms with Gasteiger partial charge in [0.25, 0.3) is 0 Å². The van der Waals surface area contributed by atoms with Crippen LogP contribution in [-0.2, 0) is 9.53 Å². The van der Waals surface area contributed by atoms with E-state index in [1.807, 2.05) is 12.3 Å². The van der Waals surface area contributed by atoms with E-state index in [1.54, 1.807) is 6.20 Å². The molecule has 1 aromatic heterocycles. The molecular formula is C16H24N4O2S. The first-order valence-corrected chi connectivity index (χ1v) is 9.49. The van der Waals surface area contributed by atoms with Gasteiger partial charge >= 0.3 is 0 Å². The molecule has 0 saturated carbocycles. The lowest BCUT2D eigenvalue weighted by atomic mass is 9.96. The fraction of sp³-hybridized carbons (Fsp3) is 0.688. The van der Waals surface area contributed by atoms with E-state index in [2.05, 4.69) is 20.2 Å². The van der Waals surface area contributed by atoms with Crippen molar-refractivity contribution in [1.82, 2.24) is 15.3 Å².